The summed E-state index contributed by atoms with van der Waals surface area (Å²) >= 11 is 0. The van der Waals surface area contributed by atoms with Crippen LogP contribution in [0.4, 0.5) is 4.79 Å². The van der Waals surface area contributed by atoms with Gasteiger partial charge in [-0.15, -0.1) is 0 Å². The second-order valence-corrected chi connectivity index (χ2v) is 21.1. The molecule has 0 bridgehead atoms. The molecule has 330 valence electrons. The third-order valence-corrected chi connectivity index (χ3v) is 13.8. The number of alkyl carbamates (subject to hydrolysis) is 1. The zero-order valence-corrected chi connectivity index (χ0v) is 37.0. The molecule has 2 aliphatic carbocycles. The molecule has 8 rings (SSSR count). The number of nitrogens with one attached hydrogen (secondary N) is 3. The van der Waals surface area contributed by atoms with E-state index in [2.05, 4.69) is 36.1 Å². The summed E-state index contributed by atoms with van der Waals surface area (Å²) in [6.45, 7) is 11.5. The highest BCUT2D eigenvalue weighted by Crippen LogP contribution is 2.46. The maximum absolute atomic E-state index is 14.8. The van der Waals surface area contributed by atoms with E-state index in [0.717, 1.165) is 29.4 Å². The van der Waals surface area contributed by atoms with Crippen LogP contribution in [0.5, 0.6) is 5.88 Å². The zero-order valence-electron chi connectivity index (χ0n) is 36.2. The van der Waals surface area contributed by atoms with Gasteiger partial charge in [-0.2, -0.15) is 4.98 Å². The number of ether oxygens (including phenoxy) is 2. The summed E-state index contributed by atoms with van der Waals surface area (Å²) < 4.78 is 46.7. The van der Waals surface area contributed by atoms with E-state index in [9.17, 15) is 27.6 Å². The molecule has 4 amide bonds. The Kier molecular flexibility index (Phi) is 11.4. The van der Waals surface area contributed by atoms with Crippen LogP contribution in [0, 0.1) is 5.92 Å². The van der Waals surface area contributed by atoms with Crippen molar-refractivity contribution in [3.8, 4) is 17.3 Å². The van der Waals surface area contributed by atoms with Crippen LogP contribution in [0.25, 0.3) is 33.5 Å². The van der Waals surface area contributed by atoms with E-state index >= 15 is 0 Å². The first kappa shape index (κ1) is 43.2. The fourth-order valence-electron chi connectivity index (χ4n) is 8.35. The van der Waals surface area contributed by atoms with Crippen LogP contribution in [-0.4, -0.2) is 88.2 Å². The van der Waals surface area contributed by atoms with Gasteiger partial charge in [-0.3, -0.25) is 19.1 Å². The van der Waals surface area contributed by atoms with Crippen LogP contribution < -0.4 is 20.1 Å². The number of hydrogen-bond acceptors (Lipinski definition) is 11. The number of aromatic nitrogens is 2. The number of benzene rings is 2. The number of fused-ring (bicyclic) bond motifs is 5. The first-order valence-corrected chi connectivity index (χ1v) is 23.2. The summed E-state index contributed by atoms with van der Waals surface area (Å²) in [5.74, 6) is -1.91. The van der Waals surface area contributed by atoms with Gasteiger partial charge in [0.05, 0.1) is 11.8 Å². The Balaban J connectivity index is 1.15. The average Bonchev–Trinajstić information content (AvgIpc) is 4.10. The number of amides is 4. The summed E-state index contributed by atoms with van der Waals surface area (Å²) in [5, 5.41) is 5.78. The van der Waals surface area contributed by atoms with E-state index in [4.69, 9.17) is 23.9 Å². The minimum Gasteiger partial charge on any atom is -0.470 e. The van der Waals surface area contributed by atoms with Crippen molar-refractivity contribution >= 4 is 55.9 Å². The summed E-state index contributed by atoms with van der Waals surface area (Å²) in [4.78, 5) is 67.6. The smallest absolute Gasteiger partial charge is 0.408 e. The molecule has 3 fully saturated rings. The summed E-state index contributed by atoms with van der Waals surface area (Å²) in [7, 11) is -3.92. The number of para-hydroxylation sites is 1. The second kappa shape index (κ2) is 16.3. The lowest BCUT2D eigenvalue weighted by Crippen LogP contribution is -2.58. The molecule has 0 radical (unpaired) electrons. The molecule has 15 nitrogen and oxygen atoms in total. The van der Waals surface area contributed by atoms with Crippen LogP contribution >= 0.6 is 0 Å². The number of nitrogens with zero attached hydrogens (tertiary/aromatic N) is 3. The molecule has 2 aromatic heterocycles. The third kappa shape index (κ3) is 9.16. The molecule has 4 heterocycles. The van der Waals surface area contributed by atoms with Gasteiger partial charge < -0.3 is 29.4 Å². The first-order chi connectivity index (χ1) is 29.3. The Morgan fingerprint density at radius 2 is 1.69 bits per heavy atom. The van der Waals surface area contributed by atoms with Crippen molar-refractivity contribution in [1.29, 1.82) is 0 Å². The van der Waals surface area contributed by atoms with Crippen molar-refractivity contribution in [1.82, 2.24) is 30.2 Å². The number of carbonyl (C=O) groups excluding carboxylic acids is 4. The lowest BCUT2D eigenvalue weighted by atomic mass is 9.87. The van der Waals surface area contributed by atoms with Crippen molar-refractivity contribution in [2.75, 3.05) is 6.54 Å². The lowest BCUT2D eigenvalue weighted by molar-refractivity contribution is -0.141. The molecule has 16 heteroatoms. The maximum atomic E-state index is 14.8. The van der Waals surface area contributed by atoms with Crippen LogP contribution in [0.1, 0.15) is 105 Å². The van der Waals surface area contributed by atoms with Crippen molar-refractivity contribution in [3.63, 3.8) is 0 Å². The van der Waals surface area contributed by atoms with Gasteiger partial charge in [0, 0.05) is 23.3 Å². The minimum atomic E-state index is -3.92. The SMILES string of the molecule is CC(C)(C)OC(=O)NC1CCCCC/C=C\C2CC2(C(=O)NS(=O)(=O)C2CC2)NC(=O)C2CC(Oc3nc(-c4ccc(C(C)(C)C)cc4)nc4c3oc3ccccc34)CN2C1=O. The fourth-order valence-corrected chi connectivity index (χ4v) is 9.71. The van der Waals surface area contributed by atoms with E-state index in [1.165, 1.54) is 4.90 Å². The van der Waals surface area contributed by atoms with Crippen molar-refractivity contribution in [2.24, 2.45) is 5.92 Å². The van der Waals surface area contributed by atoms with Crippen molar-refractivity contribution in [3.05, 3.63) is 66.2 Å². The maximum Gasteiger partial charge on any atom is 0.408 e. The molecule has 5 atom stereocenters. The molecule has 2 saturated carbocycles. The Bertz CT molecular complexity index is 2540. The molecule has 3 N–H and O–H groups in total. The van der Waals surface area contributed by atoms with Gasteiger partial charge in [0.1, 0.15) is 40.4 Å². The van der Waals surface area contributed by atoms with E-state index in [0.29, 0.717) is 48.2 Å². The number of hydrogen-bond donors (Lipinski definition) is 3. The average molecular weight is 869 g/mol. The van der Waals surface area contributed by atoms with Gasteiger partial charge in [-0.1, -0.05) is 82.2 Å². The van der Waals surface area contributed by atoms with Gasteiger partial charge in [0.2, 0.25) is 27.4 Å². The fraction of sp³-hybridized carbons (Fsp3) is 0.522. The summed E-state index contributed by atoms with van der Waals surface area (Å²) in [6.07, 6.45) is 6.41. The van der Waals surface area contributed by atoms with Gasteiger partial charge in [0.25, 0.3) is 11.8 Å². The highest BCUT2D eigenvalue weighted by molar-refractivity contribution is 7.91. The van der Waals surface area contributed by atoms with Crippen LogP contribution in [0.3, 0.4) is 0 Å². The quantitative estimate of drug-likeness (QED) is 0.170. The number of allylic oxidation sites excluding steroid dienone is 1. The minimum absolute atomic E-state index is 0.0172. The largest absolute Gasteiger partial charge is 0.470 e. The molecular formula is C46H56N6O9S. The summed E-state index contributed by atoms with van der Waals surface area (Å²) in [5.41, 5.74) is 0.857. The van der Waals surface area contributed by atoms with Gasteiger partial charge in [0.15, 0.2) is 5.82 Å². The molecule has 1 saturated heterocycles. The van der Waals surface area contributed by atoms with E-state index in [1.807, 2.05) is 60.7 Å². The first-order valence-electron chi connectivity index (χ1n) is 21.6. The molecule has 4 aromatic rings. The Morgan fingerprint density at radius 3 is 2.40 bits per heavy atom. The van der Waals surface area contributed by atoms with E-state index < -0.39 is 74.3 Å². The number of carbonyl (C=O) groups is 4. The molecule has 4 aliphatic rings. The molecule has 0 spiro atoms. The zero-order chi connectivity index (χ0) is 44.2. The summed E-state index contributed by atoms with van der Waals surface area (Å²) in [6, 6.07) is 13.3. The van der Waals surface area contributed by atoms with Crippen LogP contribution in [-0.2, 0) is 34.6 Å². The van der Waals surface area contributed by atoms with Gasteiger partial charge in [-0.25, -0.2) is 18.2 Å². The Hall–Kier alpha value is -5.51. The Morgan fingerprint density at radius 1 is 0.952 bits per heavy atom. The third-order valence-electron chi connectivity index (χ3n) is 12.0. The highest BCUT2D eigenvalue weighted by Gasteiger charge is 2.62. The predicted octanol–water partition coefficient (Wildman–Crippen LogP) is 6.59. The number of sulfonamides is 1. The number of rotatable bonds is 7. The van der Waals surface area contributed by atoms with Crippen LogP contribution in [0.2, 0.25) is 0 Å². The molecular weight excluding hydrogens is 813 g/mol. The van der Waals surface area contributed by atoms with Gasteiger partial charge in [-0.05, 0) is 82.4 Å². The molecule has 2 aliphatic heterocycles. The van der Waals surface area contributed by atoms with Crippen LogP contribution in [0.15, 0.2) is 65.1 Å². The molecule has 2 aromatic carbocycles. The van der Waals surface area contributed by atoms with E-state index in [1.54, 1.807) is 20.8 Å². The van der Waals surface area contributed by atoms with Crippen molar-refractivity contribution in [2.45, 2.75) is 139 Å². The highest BCUT2D eigenvalue weighted by atomic mass is 32.2. The lowest BCUT2D eigenvalue weighted by Gasteiger charge is -2.30. The topological polar surface area (TPSA) is 199 Å². The second-order valence-electron chi connectivity index (χ2n) is 19.1. The monoisotopic (exact) mass is 868 g/mol. The Labute approximate surface area is 361 Å². The normalized spacial score (nSPS) is 25.5. The van der Waals surface area contributed by atoms with Crippen molar-refractivity contribution < 1.29 is 41.5 Å². The number of furan rings is 1. The van der Waals surface area contributed by atoms with E-state index in [-0.39, 0.29) is 37.1 Å². The van der Waals surface area contributed by atoms with Gasteiger partial charge >= 0.3 is 6.09 Å². The standard InChI is InChI=1S/C46H56N6O9S/c1-44(2,3)28-20-18-27(19-21-28)38-48-36-32-15-12-13-17-35(32)60-37(36)40(49-38)59-30-24-34-39(53)50-46(42(55)51-62(57,58)31-22-23-31)25-29(46)14-10-8-7-9-11-16-33(41(54)52(34)26-30)47-43(56)61-45(4,5)6/h10,12-15,17-21,29-31,33-34H,7-9,11,16,22-26H2,1-6H3,(H,47,56)(H,50,53)(H,51,55)/b14-10-. The predicted molar refractivity (Wildman–Crippen MR) is 232 cm³/mol. The molecule has 5 unspecified atom stereocenters. The molecule has 62 heavy (non-hydrogen) atoms.